The summed E-state index contributed by atoms with van der Waals surface area (Å²) in [6.45, 7) is 1.41. The summed E-state index contributed by atoms with van der Waals surface area (Å²) in [7, 11) is 0. The van der Waals surface area contributed by atoms with Gasteiger partial charge in [-0.15, -0.1) is 5.10 Å². The van der Waals surface area contributed by atoms with E-state index in [-0.39, 0.29) is 12.0 Å². The zero-order valence-electron chi connectivity index (χ0n) is 15.3. The number of hydrogen-bond acceptors (Lipinski definition) is 4. The van der Waals surface area contributed by atoms with Gasteiger partial charge < -0.3 is 10.1 Å². The molecule has 0 fully saturated rings. The highest BCUT2D eigenvalue weighted by atomic mass is 35.5. The first-order valence-corrected chi connectivity index (χ1v) is 9.70. The van der Waals surface area contributed by atoms with E-state index < -0.39 is 0 Å². The minimum atomic E-state index is -0.206. The molecular weight excluding hydrogens is 376 g/mol. The summed E-state index contributed by atoms with van der Waals surface area (Å²) in [6, 6.07) is 17.8. The Bertz CT molecular complexity index is 941. The Morgan fingerprint density at radius 3 is 2.75 bits per heavy atom. The third-order valence-corrected chi connectivity index (χ3v) is 5.08. The first kappa shape index (κ1) is 18.7. The third kappa shape index (κ3) is 4.24. The second kappa shape index (κ2) is 8.54. The lowest BCUT2D eigenvalue weighted by molar-refractivity contribution is -0.00176. The highest BCUT2D eigenvalue weighted by molar-refractivity contribution is 6.30. The van der Waals surface area contributed by atoms with Crippen LogP contribution in [0.3, 0.4) is 0 Å². The summed E-state index contributed by atoms with van der Waals surface area (Å²) in [6.07, 6.45) is 1.66. The van der Waals surface area contributed by atoms with Crippen LogP contribution in [0, 0.1) is 0 Å². The van der Waals surface area contributed by atoms with Crippen LogP contribution in [-0.2, 0) is 24.3 Å². The van der Waals surface area contributed by atoms with Gasteiger partial charge >= 0.3 is 0 Å². The molecule has 1 atom stereocenters. The van der Waals surface area contributed by atoms with Crippen LogP contribution >= 0.6 is 11.6 Å². The maximum atomic E-state index is 12.5. The van der Waals surface area contributed by atoms with E-state index in [1.807, 2.05) is 42.5 Å². The van der Waals surface area contributed by atoms with E-state index >= 15 is 0 Å². The van der Waals surface area contributed by atoms with E-state index in [1.165, 1.54) is 5.56 Å². The SMILES string of the molecule is O=C(NCCCc1ccccc1)c1nnn2c1CO[C@H](c1ccc(Cl)cc1)C2. The minimum absolute atomic E-state index is 0.131. The molecular formula is C21H21ClN4O2. The van der Waals surface area contributed by atoms with Crippen molar-refractivity contribution in [2.24, 2.45) is 0 Å². The number of nitrogens with zero attached hydrogens (tertiary/aromatic N) is 3. The first-order chi connectivity index (χ1) is 13.7. The van der Waals surface area contributed by atoms with Gasteiger partial charge in [-0.25, -0.2) is 4.68 Å². The molecule has 3 aromatic rings. The molecule has 1 N–H and O–H groups in total. The molecule has 0 bridgehead atoms. The largest absolute Gasteiger partial charge is 0.365 e. The minimum Gasteiger partial charge on any atom is -0.365 e. The van der Waals surface area contributed by atoms with Crippen LogP contribution in [0.25, 0.3) is 0 Å². The van der Waals surface area contributed by atoms with Gasteiger partial charge in [-0.3, -0.25) is 4.79 Å². The number of nitrogens with one attached hydrogen (secondary N) is 1. The van der Waals surface area contributed by atoms with Gasteiger partial charge in [-0.05, 0) is 36.1 Å². The van der Waals surface area contributed by atoms with Crippen LogP contribution in [0.5, 0.6) is 0 Å². The van der Waals surface area contributed by atoms with Crippen LogP contribution in [0.2, 0.25) is 5.02 Å². The van der Waals surface area contributed by atoms with Gasteiger partial charge in [0, 0.05) is 11.6 Å². The number of halogens is 1. The topological polar surface area (TPSA) is 69.0 Å². The zero-order valence-corrected chi connectivity index (χ0v) is 16.1. The van der Waals surface area contributed by atoms with Gasteiger partial charge in [0.1, 0.15) is 6.10 Å². The molecule has 0 radical (unpaired) electrons. The van der Waals surface area contributed by atoms with Gasteiger partial charge in [0.2, 0.25) is 0 Å². The zero-order chi connectivity index (χ0) is 19.3. The van der Waals surface area contributed by atoms with Crippen molar-refractivity contribution >= 4 is 17.5 Å². The average molecular weight is 397 g/mol. The van der Waals surface area contributed by atoms with Crippen molar-refractivity contribution in [1.29, 1.82) is 0 Å². The number of fused-ring (bicyclic) bond motifs is 1. The average Bonchev–Trinajstić information content (AvgIpc) is 3.16. The molecule has 0 saturated carbocycles. The summed E-state index contributed by atoms with van der Waals surface area (Å²) >= 11 is 5.94. The second-order valence-corrected chi connectivity index (χ2v) is 7.20. The van der Waals surface area contributed by atoms with Crippen molar-refractivity contribution in [3.8, 4) is 0 Å². The van der Waals surface area contributed by atoms with E-state index in [9.17, 15) is 4.79 Å². The molecule has 0 spiro atoms. The number of aromatic nitrogens is 3. The first-order valence-electron chi connectivity index (χ1n) is 9.32. The van der Waals surface area contributed by atoms with Crippen LogP contribution in [0.15, 0.2) is 54.6 Å². The molecule has 1 aliphatic rings. The number of carbonyl (C=O) groups is 1. The predicted octanol–water partition coefficient (Wildman–Crippen LogP) is 3.57. The fourth-order valence-corrected chi connectivity index (χ4v) is 3.42. The molecule has 0 unspecified atom stereocenters. The Morgan fingerprint density at radius 2 is 1.96 bits per heavy atom. The Kier molecular flexibility index (Phi) is 5.69. The van der Waals surface area contributed by atoms with E-state index in [4.69, 9.17) is 16.3 Å². The van der Waals surface area contributed by atoms with Crippen molar-refractivity contribution < 1.29 is 9.53 Å². The normalized spacial score (nSPS) is 15.8. The maximum Gasteiger partial charge on any atom is 0.273 e. The molecule has 2 heterocycles. The summed E-state index contributed by atoms with van der Waals surface area (Å²) in [5.41, 5.74) is 3.34. The van der Waals surface area contributed by atoms with Crippen molar-refractivity contribution in [2.75, 3.05) is 6.54 Å². The highest BCUT2D eigenvalue weighted by Gasteiger charge is 2.27. The second-order valence-electron chi connectivity index (χ2n) is 6.76. The Morgan fingerprint density at radius 1 is 1.18 bits per heavy atom. The standard InChI is InChI=1S/C21H21ClN4O2/c22-17-10-8-16(9-11-17)19-13-26-18(14-28-19)20(24-25-26)21(27)23-12-4-7-15-5-2-1-3-6-15/h1-3,5-6,8-11,19H,4,7,12-14H2,(H,23,27)/t19-/m0/s1. The van der Waals surface area contributed by atoms with Crippen LogP contribution in [0.1, 0.15) is 39.8 Å². The lowest BCUT2D eigenvalue weighted by Crippen LogP contribution is -2.28. The maximum absolute atomic E-state index is 12.5. The Hall–Kier alpha value is -2.70. The lowest BCUT2D eigenvalue weighted by Gasteiger charge is -2.24. The molecule has 0 saturated heterocycles. The predicted molar refractivity (Wildman–Crippen MR) is 106 cm³/mol. The summed E-state index contributed by atoms with van der Waals surface area (Å²) in [5, 5.41) is 11.8. The van der Waals surface area contributed by atoms with Gasteiger partial charge in [-0.1, -0.05) is 59.3 Å². The van der Waals surface area contributed by atoms with E-state index in [2.05, 4.69) is 27.8 Å². The molecule has 6 nitrogen and oxygen atoms in total. The number of ether oxygens (including phenoxy) is 1. The summed E-state index contributed by atoms with van der Waals surface area (Å²) < 4.78 is 7.69. The van der Waals surface area contributed by atoms with Crippen LogP contribution in [-0.4, -0.2) is 27.4 Å². The number of carbonyl (C=O) groups excluding carboxylic acids is 1. The van der Waals surface area contributed by atoms with Crippen LogP contribution in [0.4, 0.5) is 0 Å². The van der Waals surface area contributed by atoms with Crippen LogP contribution < -0.4 is 5.32 Å². The fraction of sp³-hybridized carbons (Fsp3) is 0.286. The monoisotopic (exact) mass is 396 g/mol. The van der Waals surface area contributed by atoms with Gasteiger partial charge in [0.15, 0.2) is 5.69 Å². The highest BCUT2D eigenvalue weighted by Crippen LogP contribution is 2.27. The smallest absolute Gasteiger partial charge is 0.273 e. The molecule has 4 rings (SSSR count). The molecule has 1 amide bonds. The number of benzene rings is 2. The number of hydrogen-bond donors (Lipinski definition) is 1. The molecule has 144 valence electrons. The molecule has 1 aliphatic heterocycles. The van der Waals surface area contributed by atoms with Crippen molar-refractivity contribution in [3.05, 3.63) is 82.1 Å². The van der Waals surface area contributed by atoms with Crippen molar-refractivity contribution in [2.45, 2.75) is 32.1 Å². The number of amides is 1. The van der Waals surface area contributed by atoms with Gasteiger partial charge in [-0.2, -0.15) is 0 Å². The van der Waals surface area contributed by atoms with E-state index in [1.54, 1.807) is 4.68 Å². The molecule has 28 heavy (non-hydrogen) atoms. The molecule has 2 aromatic carbocycles. The lowest BCUT2D eigenvalue weighted by atomic mass is 10.1. The molecule has 1 aromatic heterocycles. The van der Waals surface area contributed by atoms with Gasteiger partial charge in [0.05, 0.1) is 18.8 Å². The third-order valence-electron chi connectivity index (χ3n) is 4.83. The Balaban J connectivity index is 1.33. The summed E-state index contributed by atoms with van der Waals surface area (Å²) in [4.78, 5) is 12.5. The van der Waals surface area contributed by atoms with Gasteiger partial charge in [0.25, 0.3) is 5.91 Å². The molecule has 0 aliphatic carbocycles. The quantitative estimate of drug-likeness (QED) is 0.647. The van der Waals surface area contributed by atoms with E-state index in [0.29, 0.717) is 36.1 Å². The van der Waals surface area contributed by atoms with Crippen molar-refractivity contribution in [1.82, 2.24) is 20.3 Å². The Labute approximate surface area is 168 Å². The fourth-order valence-electron chi connectivity index (χ4n) is 3.29. The number of rotatable bonds is 6. The molecule has 7 heteroatoms. The number of aryl methyl sites for hydroxylation is 1. The van der Waals surface area contributed by atoms with E-state index in [0.717, 1.165) is 18.4 Å². The summed E-state index contributed by atoms with van der Waals surface area (Å²) in [5.74, 6) is -0.206. The van der Waals surface area contributed by atoms with Crippen molar-refractivity contribution in [3.63, 3.8) is 0 Å².